The van der Waals surface area contributed by atoms with Gasteiger partial charge in [0.1, 0.15) is 12.4 Å². The number of aliphatic hydroxyl groups excluding tert-OH is 1. The van der Waals surface area contributed by atoms with Crippen LogP contribution in [-0.2, 0) is 4.79 Å². The van der Waals surface area contributed by atoms with Crippen molar-refractivity contribution in [2.24, 2.45) is 0 Å². The molecule has 1 unspecified atom stereocenters. The van der Waals surface area contributed by atoms with E-state index in [2.05, 4.69) is 15.2 Å². The summed E-state index contributed by atoms with van der Waals surface area (Å²) in [4.78, 5) is 36.7. The van der Waals surface area contributed by atoms with Gasteiger partial charge in [-0.05, 0) is 64.2 Å². The Hall–Kier alpha value is -4.12. The molecule has 0 radical (unpaired) electrons. The maximum absolute atomic E-state index is 12.8. The van der Waals surface area contributed by atoms with E-state index in [9.17, 15) is 14.7 Å². The number of nitrogen functional groups attached to an aromatic ring is 1. The molecule has 0 aromatic carbocycles. The smallest absolute Gasteiger partial charge is 0.248 e. The van der Waals surface area contributed by atoms with E-state index >= 15 is 0 Å². The van der Waals surface area contributed by atoms with E-state index in [0.29, 0.717) is 29.1 Å². The second-order valence-electron chi connectivity index (χ2n) is 10.3. The predicted molar refractivity (Wildman–Crippen MR) is 140 cm³/mol. The number of amides is 1. The lowest BCUT2D eigenvalue weighted by Gasteiger charge is -2.28. The molecule has 0 saturated carbocycles. The third-order valence-corrected chi connectivity index (χ3v) is 7.91. The van der Waals surface area contributed by atoms with Crippen LogP contribution in [0.3, 0.4) is 0 Å². The van der Waals surface area contributed by atoms with Crippen LogP contribution in [0.5, 0.6) is 0 Å². The summed E-state index contributed by atoms with van der Waals surface area (Å²) in [5, 5.41) is 18.4. The number of nitrogens with zero attached hydrogens (tertiary/aromatic N) is 7. The summed E-state index contributed by atoms with van der Waals surface area (Å²) in [6, 6.07) is 5.86. The van der Waals surface area contributed by atoms with Gasteiger partial charge in [-0.15, -0.1) is 0 Å². The molecular formula is C27H30N8O3. The number of rotatable bonds is 5. The number of aryl methyl sites for hydroxylation is 1. The SMILES string of the molecule is CC(=O)c1c([C@H]2CC[C@H]3CCC(C2)N3C(=O)CO)nc2c(-c3ccc(-n4ccc(C)n4)nc3)cnn2c1N. The van der Waals surface area contributed by atoms with E-state index in [1.807, 2.05) is 36.2 Å². The summed E-state index contributed by atoms with van der Waals surface area (Å²) < 4.78 is 3.23. The van der Waals surface area contributed by atoms with Gasteiger partial charge >= 0.3 is 0 Å². The van der Waals surface area contributed by atoms with Crippen molar-refractivity contribution >= 4 is 23.2 Å². The van der Waals surface area contributed by atoms with Crippen molar-refractivity contribution in [3.8, 4) is 16.9 Å². The average Bonchev–Trinajstić information content (AvgIpc) is 3.60. The van der Waals surface area contributed by atoms with Crippen LogP contribution in [0.1, 0.15) is 66.7 Å². The lowest BCUT2D eigenvalue weighted by molar-refractivity contribution is -0.137. The van der Waals surface area contributed by atoms with Crippen LogP contribution in [0, 0.1) is 6.92 Å². The highest BCUT2D eigenvalue weighted by molar-refractivity contribution is 6.00. The minimum atomic E-state index is -0.487. The largest absolute Gasteiger partial charge is 0.387 e. The molecule has 3 N–H and O–H groups in total. The second kappa shape index (κ2) is 9.32. The molecule has 2 saturated heterocycles. The minimum Gasteiger partial charge on any atom is -0.387 e. The van der Waals surface area contributed by atoms with Crippen molar-refractivity contribution in [2.75, 3.05) is 12.3 Å². The first-order valence-electron chi connectivity index (χ1n) is 12.9. The number of hydrogen-bond donors (Lipinski definition) is 2. The van der Waals surface area contributed by atoms with Crippen LogP contribution in [0.25, 0.3) is 22.6 Å². The Labute approximate surface area is 219 Å². The molecule has 38 heavy (non-hydrogen) atoms. The van der Waals surface area contributed by atoms with Gasteiger partial charge in [-0.25, -0.2) is 14.6 Å². The zero-order chi connectivity index (χ0) is 26.6. The number of anilines is 1. The van der Waals surface area contributed by atoms with Crippen LogP contribution in [0.2, 0.25) is 0 Å². The number of carbonyl (C=O) groups excluding carboxylic acids is 2. The molecule has 4 aromatic heterocycles. The highest BCUT2D eigenvalue weighted by Crippen LogP contribution is 2.42. The number of pyridine rings is 1. The Balaban J connectivity index is 1.41. The first kappa shape index (κ1) is 24.2. The second-order valence-corrected chi connectivity index (χ2v) is 10.3. The van der Waals surface area contributed by atoms with Crippen LogP contribution in [-0.4, -0.2) is 69.7 Å². The van der Waals surface area contributed by atoms with E-state index in [4.69, 9.17) is 10.7 Å². The molecule has 2 bridgehead atoms. The molecule has 2 aliphatic rings. The monoisotopic (exact) mass is 514 g/mol. The summed E-state index contributed by atoms with van der Waals surface area (Å²) in [6.07, 6.45) is 9.37. The van der Waals surface area contributed by atoms with E-state index < -0.39 is 6.61 Å². The van der Waals surface area contributed by atoms with Crippen LogP contribution in [0.4, 0.5) is 5.82 Å². The maximum Gasteiger partial charge on any atom is 0.248 e. The van der Waals surface area contributed by atoms with E-state index in [0.717, 1.165) is 42.5 Å². The molecule has 6 rings (SSSR count). The van der Waals surface area contributed by atoms with Gasteiger partial charge in [-0.3, -0.25) is 9.59 Å². The van der Waals surface area contributed by atoms with Crippen LogP contribution >= 0.6 is 0 Å². The molecule has 196 valence electrons. The summed E-state index contributed by atoms with van der Waals surface area (Å²) in [7, 11) is 0. The van der Waals surface area contributed by atoms with Crippen LogP contribution in [0.15, 0.2) is 36.8 Å². The fourth-order valence-electron chi connectivity index (χ4n) is 6.17. The Kier molecular flexibility index (Phi) is 5.94. The minimum absolute atomic E-state index is 0.0123. The molecule has 2 fully saturated rings. The van der Waals surface area contributed by atoms with Crippen molar-refractivity contribution in [1.82, 2.24) is 34.3 Å². The summed E-state index contributed by atoms with van der Waals surface area (Å²) in [5.41, 5.74) is 10.6. The van der Waals surface area contributed by atoms with Crippen molar-refractivity contribution in [3.63, 3.8) is 0 Å². The normalized spacial score (nSPS) is 21.1. The third-order valence-electron chi connectivity index (χ3n) is 7.91. The number of ketones is 1. The Bertz CT molecular complexity index is 1540. The average molecular weight is 515 g/mol. The van der Waals surface area contributed by atoms with Gasteiger partial charge in [0.05, 0.1) is 23.1 Å². The van der Waals surface area contributed by atoms with Gasteiger partial charge in [-0.1, -0.05) is 0 Å². The predicted octanol–water partition coefficient (Wildman–Crippen LogP) is 2.69. The van der Waals surface area contributed by atoms with Crippen molar-refractivity contribution in [2.45, 2.75) is 64.0 Å². The number of carbonyl (C=O) groups is 2. The van der Waals surface area contributed by atoms with E-state index in [1.165, 1.54) is 11.4 Å². The number of fused-ring (bicyclic) bond motifs is 3. The molecule has 0 spiro atoms. The van der Waals surface area contributed by atoms with E-state index in [1.54, 1.807) is 17.1 Å². The fourth-order valence-corrected chi connectivity index (χ4v) is 6.17. The number of aliphatic hydroxyl groups is 1. The van der Waals surface area contributed by atoms with Gasteiger partial charge in [0.15, 0.2) is 17.2 Å². The molecule has 2 aliphatic heterocycles. The van der Waals surface area contributed by atoms with Gasteiger partial charge in [0.25, 0.3) is 0 Å². The van der Waals surface area contributed by atoms with Gasteiger partial charge < -0.3 is 15.7 Å². The molecule has 1 amide bonds. The zero-order valence-corrected chi connectivity index (χ0v) is 21.4. The first-order chi connectivity index (χ1) is 18.4. The number of nitrogens with two attached hydrogens (primary N) is 1. The highest BCUT2D eigenvalue weighted by Gasteiger charge is 2.41. The Morgan fingerprint density at radius 2 is 1.89 bits per heavy atom. The molecule has 4 aromatic rings. The molecule has 11 nitrogen and oxygen atoms in total. The summed E-state index contributed by atoms with van der Waals surface area (Å²) in [5.74, 6) is 0.519. The van der Waals surface area contributed by atoms with E-state index in [-0.39, 0.29) is 35.5 Å². The summed E-state index contributed by atoms with van der Waals surface area (Å²) in [6.45, 7) is 2.94. The van der Waals surface area contributed by atoms with Crippen molar-refractivity contribution in [3.05, 3.63) is 53.7 Å². The Morgan fingerprint density at radius 1 is 1.11 bits per heavy atom. The summed E-state index contributed by atoms with van der Waals surface area (Å²) >= 11 is 0. The number of aromatic nitrogens is 6. The molecule has 11 heteroatoms. The zero-order valence-electron chi connectivity index (χ0n) is 21.4. The number of hydrogen-bond acceptors (Lipinski definition) is 8. The van der Waals surface area contributed by atoms with Crippen molar-refractivity contribution < 1.29 is 14.7 Å². The Morgan fingerprint density at radius 3 is 2.58 bits per heavy atom. The molecule has 3 atom stereocenters. The van der Waals surface area contributed by atoms with Gasteiger partial charge in [-0.2, -0.15) is 14.7 Å². The fraction of sp³-hybridized carbons (Fsp3) is 0.407. The van der Waals surface area contributed by atoms with Gasteiger partial charge in [0.2, 0.25) is 5.91 Å². The van der Waals surface area contributed by atoms with Crippen LogP contribution < -0.4 is 5.73 Å². The first-order valence-corrected chi connectivity index (χ1v) is 12.9. The maximum atomic E-state index is 12.8. The lowest BCUT2D eigenvalue weighted by Crippen LogP contribution is -2.41. The van der Waals surface area contributed by atoms with Crippen molar-refractivity contribution in [1.29, 1.82) is 0 Å². The lowest BCUT2D eigenvalue weighted by atomic mass is 9.86. The molecule has 6 heterocycles. The highest BCUT2D eigenvalue weighted by atomic mass is 16.3. The quantitative estimate of drug-likeness (QED) is 0.387. The van der Waals surface area contributed by atoms with Gasteiger partial charge in [0, 0.05) is 41.5 Å². The third kappa shape index (κ3) is 3.94. The number of Topliss-reactive ketones (excluding diaryl/α,β-unsaturated/α-hetero) is 1. The molecular weight excluding hydrogens is 484 g/mol. The molecule has 0 aliphatic carbocycles. The standard InChI is InChI=1S/C27H30N8O3/c1-15-9-10-33(32-15)22-8-4-18(12-29-22)21-13-30-35-26(28)24(16(2)37)25(31-27(21)35)17-3-5-19-6-7-20(11-17)34(19)23(38)14-36/h4,8-10,12-13,17,19-20,36H,3,5-7,11,14,28H2,1-2H3/t17-,19-,20?/m0/s1. The topological polar surface area (TPSA) is 145 Å².